The Labute approximate surface area is 156 Å². The zero-order valence-electron chi connectivity index (χ0n) is 16.4. The minimum absolute atomic E-state index is 0.231. The summed E-state index contributed by atoms with van der Waals surface area (Å²) in [5.41, 5.74) is 5.99. The van der Waals surface area contributed by atoms with Crippen molar-refractivity contribution in [2.24, 2.45) is 0 Å². The average molecular weight is 361 g/mol. The Morgan fingerprint density at radius 2 is 1.44 bits per heavy atom. The summed E-state index contributed by atoms with van der Waals surface area (Å²) in [6, 6.07) is 8.80. The summed E-state index contributed by atoms with van der Waals surface area (Å²) in [4.78, 5) is 0. The third kappa shape index (κ3) is 12.9. The molecular weight excluding hydrogens is 324 g/mol. The van der Waals surface area contributed by atoms with Gasteiger partial charge in [0.05, 0.1) is 0 Å². The zero-order valence-corrected chi connectivity index (χ0v) is 17.4. The van der Waals surface area contributed by atoms with Crippen LogP contribution in [0.1, 0.15) is 56.1 Å². The summed E-state index contributed by atoms with van der Waals surface area (Å²) in [5, 5.41) is 8.65. The number of hydrogen-bond acceptors (Lipinski definition) is 2. The van der Waals surface area contributed by atoms with E-state index < -0.39 is 8.07 Å². The maximum Gasteiger partial charge on any atom is 0.129 e. The van der Waals surface area contributed by atoms with E-state index in [1.807, 2.05) is 0 Å². The molecule has 0 radical (unpaired) electrons. The van der Waals surface area contributed by atoms with Crippen molar-refractivity contribution in [2.45, 2.75) is 71.0 Å². The number of rotatable bonds is 12. The van der Waals surface area contributed by atoms with Crippen LogP contribution in [0, 0.1) is 11.5 Å². The largest absolute Gasteiger partial charge is 0.396 e. The van der Waals surface area contributed by atoms with E-state index in [9.17, 15) is 0 Å². The third-order valence-electron chi connectivity index (χ3n) is 3.99. The summed E-state index contributed by atoms with van der Waals surface area (Å²) in [6.45, 7) is 8.59. The lowest BCUT2D eigenvalue weighted by Crippen LogP contribution is -2.16. The Morgan fingerprint density at radius 3 is 2.08 bits per heavy atom. The van der Waals surface area contributed by atoms with E-state index in [0.717, 1.165) is 25.0 Å². The van der Waals surface area contributed by atoms with Crippen LogP contribution in [0.2, 0.25) is 19.6 Å². The molecule has 0 aliphatic carbocycles. The number of ether oxygens (including phenoxy) is 1. The molecule has 1 rings (SSSR count). The molecule has 1 N–H and O–H groups in total. The van der Waals surface area contributed by atoms with E-state index in [1.165, 1.54) is 44.1 Å². The Hall–Kier alpha value is -1.08. The minimum Gasteiger partial charge on any atom is -0.396 e. The van der Waals surface area contributed by atoms with Crippen molar-refractivity contribution in [1.29, 1.82) is 0 Å². The fourth-order valence-electron chi connectivity index (χ4n) is 2.52. The first-order chi connectivity index (χ1) is 12.0. The number of hydrogen-bond donors (Lipinski definition) is 1. The Morgan fingerprint density at radius 1 is 0.840 bits per heavy atom. The lowest BCUT2D eigenvalue weighted by atomic mass is 10.0. The summed E-state index contributed by atoms with van der Waals surface area (Å²) < 4.78 is 5.44. The highest BCUT2D eigenvalue weighted by atomic mass is 28.3. The van der Waals surface area contributed by atoms with Gasteiger partial charge in [-0.25, -0.2) is 0 Å². The normalized spacial score (nSPS) is 11.2. The van der Waals surface area contributed by atoms with Gasteiger partial charge in [0.2, 0.25) is 0 Å². The average Bonchev–Trinajstić information content (AvgIpc) is 2.58. The Balaban J connectivity index is 2.06. The molecule has 0 heterocycles. The molecule has 0 saturated carbocycles. The maximum absolute atomic E-state index is 8.65. The monoisotopic (exact) mass is 360 g/mol. The third-order valence-corrected chi connectivity index (χ3v) is 4.86. The summed E-state index contributed by atoms with van der Waals surface area (Å²) in [5.74, 6) is 3.31. The van der Waals surface area contributed by atoms with Crippen LogP contribution in [0.25, 0.3) is 0 Å². The van der Waals surface area contributed by atoms with Crippen molar-refractivity contribution in [3.63, 3.8) is 0 Å². The highest BCUT2D eigenvalue weighted by Gasteiger charge is 2.07. The van der Waals surface area contributed by atoms with Gasteiger partial charge in [-0.05, 0) is 43.4 Å². The smallest absolute Gasteiger partial charge is 0.129 e. The molecule has 1 aromatic rings. The van der Waals surface area contributed by atoms with Crippen LogP contribution in [0.3, 0.4) is 0 Å². The van der Waals surface area contributed by atoms with E-state index in [-0.39, 0.29) is 6.61 Å². The van der Waals surface area contributed by atoms with Crippen molar-refractivity contribution >= 4 is 8.07 Å². The van der Waals surface area contributed by atoms with Gasteiger partial charge < -0.3 is 9.84 Å². The molecule has 3 heteroatoms. The fraction of sp³-hybridized carbons (Fsp3) is 0.636. The van der Waals surface area contributed by atoms with Gasteiger partial charge in [0.25, 0.3) is 0 Å². The SMILES string of the molecule is C[Si](C)(C)C#Cc1ccc(CCCCCCCCOCCCO)cc1. The van der Waals surface area contributed by atoms with Gasteiger partial charge in [-0.3, -0.25) is 0 Å². The molecule has 2 nitrogen and oxygen atoms in total. The predicted molar refractivity (Wildman–Crippen MR) is 111 cm³/mol. The quantitative estimate of drug-likeness (QED) is 0.315. The topological polar surface area (TPSA) is 29.5 Å². The van der Waals surface area contributed by atoms with Gasteiger partial charge in [0.15, 0.2) is 0 Å². The van der Waals surface area contributed by atoms with E-state index in [1.54, 1.807) is 0 Å². The first-order valence-electron chi connectivity index (χ1n) is 9.82. The summed E-state index contributed by atoms with van der Waals surface area (Å²) in [7, 11) is -1.28. The van der Waals surface area contributed by atoms with Gasteiger partial charge in [0, 0.05) is 25.4 Å². The van der Waals surface area contributed by atoms with Gasteiger partial charge in [-0.15, -0.1) is 5.54 Å². The van der Waals surface area contributed by atoms with Crippen LogP contribution < -0.4 is 0 Å². The minimum atomic E-state index is -1.28. The zero-order chi connectivity index (χ0) is 18.4. The first kappa shape index (κ1) is 22.0. The van der Waals surface area contributed by atoms with Crippen LogP contribution in [0.5, 0.6) is 0 Å². The van der Waals surface area contributed by atoms with Crippen molar-refractivity contribution in [2.75, 3.05) is 19.8 Å². The van der Waals surface area contributed by atoms with Gasteiger partial charge in [-0.2, -0.15) is 0 Å². The molecule has 140 valence electrons. The molecule has 0 unspecified atom stereocenters. The number of unbranched alkanes of at least 4 members (excludes halogenated alkanes) is 5. The van der Waals surface area contributed by atoms with Crippen LogP contribution in [0.15, 0.2) is 24.3 Å². The van der Waals surface area contributed by atoms with Gasteiger partial charge in [0.1, 0.15) is 8.07 Å². The molecule has 0 atom stereocenters. The second-order valence-electron chi connectivity index (χ2n) is 7.76. The molecule has 0 saturated heterocycles. The Bertz CT molecular complexity index is 506. The molecular formula is C22H36O2Si. The molecule has 0 spiro atoms. The van der Waals surface area contributed by atoms with Crippen LogP contribution in [0.4, 0.5) is 0 Å². The summed E-state index contributed by atoms with van der Waals surface area (Å²) >= 11 is 0. The molecule has 0 aliphatic rings. The standard InChI is InChI=1S/C22H36O2Si/c1-25(2,3)20-16-22-14-12-21(13-15-22)11-8-6-4-5-7-9-18-24-19-10-17-23/h12-15,23H,4-11,17-19H2,1-3H3. The van der Waals surface area contributed by atoms with Crippen LogP contribution in [-0.2, 0) is 11.2 Å². The van der Waals surface area contributed by atoms with E-state index >= 15 is 0 Å². The highest BCUT2D eigenvalue weighted by Crippen LogP contribution is 2.11. The fourth-order valence-corrected chi connectivity index (χ4v) is 3.04. The molecule has 0 aliphatic heterocycles. The maximum atomic E-state index is 8.65. The molecule has 1 aromatic carbocycles. The Kier molecular flexibility index (Phi) is 11.6. The number of benzene rings is 1. The van der Waals surface area contributed by atoms with Crippen LogP contribution in [-0.4, -0.2) is 33.0 Å². The molecule has 0 amide bonds. The molecule has 0 fully saturated rings. The van der Waals surface area contributed by atoms with E-state index in [2.05, 4.69) is 55.4 Å². The predicted octanol–water partition coefficient (Wildman–Crippen LogP) is 5.20. The molecule has 0 bridgehead atoms. The first-order valence-corrected chi connectivity index (χ1v) is 13.3. The second-order valence-corrected chi connectivity index (χ2v) is 12.5. The van der Waals surface area contributed by atoms with Crippen molar-refractivity contribution in [3.05, 3.63) is 35.4 Å². The molecule has 0 aromatic heterocycles. The lowest BCUT2D eigenvalue weighted by molar-refractivity contribution is 0.112. The van der Waals surface area contributed by atoms with Gasteiger partial charge in [-0.1, -0.05) is 63.4 Å². The molecule has 25 heavy (non-hydrogen) atoms. The highest BCUT2D eigenvalue weighted by molar-refractivity contribution is 6.83. The van der Waals surface area contributed by atoms with E-state index in [4.69, 9.17) is 9.84 Å². The van der Waals surface area contributed by atoms with Crippen LogP contribution >= 0.6 is 0 Å². The summed E-state index contributed by atoms with van der Waals surface area (Å²) in [6.07, 6.45) is 9.52. The second kappa shape index (κ2) is 13.2. The lowest BCUT2D eigenvalue weighted by Gasteiger charge is -2.05. The van der Waals surface area contributed by atoms with Crippen molar-refractivity contribution in [1.82, 2.24) is 0 Å². The van der Waals surface area contributed by atoms with E-state index in [0.29, 0.717) is 6.61 Å². The van der Waals surface area contributed by atoms with Gasteiger partial charge >= 0.3 is 0 Å². The number of aryl methyl sites for hydroxylation is 1. The van der Waals surface area contributed by atoms with Crippen molar-refractivity contribution in [3.8, 4) is 11.5 Å². The van der Waals surface area contributed by atoms with Crippen molar-refractivity contribution < 1.29 is 9.84 Å². The number of aliphatic hydroxyl groups is 1. The number of aliphatic hydroxyl groups excluding tert-OH is 1.